The lowest BCUT2D eigenvalue weighted by molar-refractivity contribution is 0.353. The Balaban J connectivity index is 0.00000225. The Labute approximate surface area is 162 Å². The minimum atomic E-state index is -0.105. The van der Waals surface area contributed by atoms with Gasteiger partial charge < -0.3 is 5.32 Å². The van der Waals surface area contributed by atoms with Gasteiger partial charge in [0.05, 0.1) is 5.69 Å². The number of benzene rings is 1. The fraction of sp³-hybridized carbons (Fsp3) is 0.500. The molecule has 5 heteroatoms. The van der Waals surface area contributed by atoms with Gasteiger partial charge >= 0.3 is 0 Å². The third kappa shape index (κ3) is 4.52. The summed E-state index contributed by atoms with van der Waals surface area (Å²) in [5.74, 6) is 0.964. The van der Waals surface area contributed by atoms with Crippen LogP contribution in [0.25, 0.3) is 0 Å². The Hall–Kier alpha value is -1.16. The molecule has 1 saturated heterocycles. The first-order valence-corrected chi connectivity index (χ1v) is 9.42. The maximum atomic E-state index is 6.58. The van der Waals surface area contributed by atoms with Gasteiger partial charge in [0, 0.05) is 23.1 Å². The molecule has 3 nitrogen and oxygen atoms in total. The van der Waals surface area contributed by atoms with Crippen molar-refractivity contribution in [1.82, 2.24) is 15.3 Å². The predicted octanol–water partition coefficient (Wildman–Crippen LogP) is 4.95. The van der Waals surface area contributed by atoms with Crippen molar-refractivity contribution < 1.29 is 0 Å². The van der Waals surface area contributed by atoms with Crippen LogP contribution in [0.1, 0.15) is 56.1 Å². The van der Waals surface area contributed by atoms with Crippen molar-refractivity contribution in [2.45, 2.75) is 50.9 Å². The zero-order valence-electron chi connectivity index (χ0n) is 14.8. The van der Waals surface area contributed by atoms with Gasteiger partial charge in [-0.15, -0.1) is 12.4 Å². The first kappa shape index (κ1) is 20.2. The molecule has 2 heterocycles. The van der Waals surface area contributed by atoms with Crippen LogP contribution in [0.5, 0.6) is 0 Å². The minimum Gasteiger partial charge on any atom is -0.317 e. The Kier molecular flexibility index (Phi) is 7.67. The molecule has 0 unspecified atom stereocenters. The Morgan fingerprint density at radius 1 is 1.12 bits per heavy atom. The van der Waals surface area contributed by atoms with Gasteiger partial charge in [0.2, 0.25) is 0 Å². The molecule has 0 atom stereocenters. The van der Waals surface area contributed by atoms with Gasteiger partial charge in [-0.3, -0.25) is 0 Å². The van der Waals surface area contributed by atoms with Gasteiger partial charge in [-0.05, 0) is 50.0 Å². The van der Waals surface area contributed by atoms with Crippen molar-refractivity contribution in [2.24, 2.45) is 0 Å². The number of aryl methyl sites for hydroxylation is 1. The highest BCUT2D eigenvalue weighted by Gasteiger charge is 2.38. The third-order valence-corrected chi connectivity index (χ3v) is 5.38. The van der Waals surface area contributed by atoms with Crippen LogP contribution in [0.4, 0.5) is 0 Å². The third-order valence-electron chi connectivity index (χ3n) is 5.05. The lowest BCUT2D eigenvalue weighted by Crippen LogP contribution is -2.41. The molecule has 0 aliphatic carbocycles. The van der Waals surface area contributed by atoms with Crippen LogP contribution in [0.2, 0.25) is 5.02 Å². The summed E-state index contributed by atoms with van der Waals surface area (Å²) in [6, 6.07) is 10.3. The summed E-state index contributed by atoms with van der Waals surface area (Å²) in [7, 11) is 0. The van der Waals surface area contributed by atoms with Crippen molar-refractivity contribution in [1.29, 1.82) is 0 Å². The van der Waals surface area contributed by atoms with Crippen molar-refractivity contribution in [3.05, 3.63) is 58.6 Å². The number of halogens is 2. The van der Waals surface area contributed by atoms with Gasteiger partial charge in [0.1, 0.15) is 5.82 Å². The zero-order valence-corrected chi connectivity index (χ0v) is 16.4. The summed E-state index contributed by atoms with van der Waals surface area (Å²) in [4.78, 5) is 9.45. The fourth-order valence-electron chi connectivity index (χ4n) is 3.69. The predicted molar refractivity (Wildman–Crippen MR) is 107 cm³/mol. The number of piperidine rings is 1. The number of rotatable bonds is 6. The molecule has 25 heavy (non-hydrogen) atoms. The van der Waals surface area contributed by atoms with E-state index in [2.05, 4.69) is 35.4 Å². The van der Waals surface area contributed by atoms with Crippen LogP contribution >= 0.6 is 24.0 Å². The van der Waals surface area contributed by atoms with E-state index in [1.54, 1.807) is 0 Å². The molecule has 1 fully saturated rings. The van der Waals surface area contributed by atoms with Crippen LogP contribution in [0.3, 0.4) is 0 Å². The molecule has 1 aromatic heterocycles. The molecule has 0 spiro atoms. The number of hydrogen-bond acceptors (Lipinski definition) is 3. The monoisotopic (exact) mass is 379 g/mol. The van der Waals surface area contributed by atoms with Crippen LogP contribution in [-0.2, 0) is 11.8 Å². The molecule has 136 valence electrons. The Bertz CT molecular complexity index is 669. The van der Waals surface area contributed by atoms with Crippen LogP contribution in [-0.4, -0.2) is 23.1 Å². The van der Waals surface area contributed by atoms with E-state index in [0.29, 0.717) is 0 Å². The Morgan fingerprint density at radius 2 is 1.88 bits per heavy atom. The highest BCUT2D eigenvalue weighted by atomic mass is 35.5. The molecular formula is C20H27Cl2N3. The van der Waals surface area contributed by atoms with Crippen molar-refractivity contribution >= 4 is 24.0 Å². The second-order valence-electron chi connectivity index (χ2n) is 6.63. The summed E-state index contributed by atoms with van der Waals surface area (Å²) in [6.07, 6.45) is 8.51. The number of unbranched alkanes of at least 4 members (excludes halogenated alkanes) is 2. The maximum absolute atomic E-state index is 6.58. The summed E-state index contributed by atoms with van der Waals surface area (Å²) in [5.41, 5.74) is 2.22. The van der Waals surface area contributed by atoms with Crippen LogP contribution in [0.15, 0.2) is 36.5 Å². The molecule has 0 saturated carbocycles. The van der Waals surface area contributed by atoms with Crippen LogP contribution in [0, 0.1) is 0 Å². The van der Waals surface area contributed by atoms with E-state index >= 15 is 0 Å². The average Bonchev–Trinajstić information content (AvgIpc) is 2.63. The molecule has 1 aromatic carbocycles. The molecule has 1 aliphatic rings. The minimum absolute atomic E-state index is 0. The maximum Gasteiger partial charge on any atom is 0.128 e. The summed E-state index contributed by atoms with van der Waals surface area (Å²) in [5, 5.41) is 4.31. The molecule has 0 radical (unpaired) electrons. The molecule has 0 amide bonds. The first-order chi connectivity index (χ1) is 11.8. The lowest BCUT2D eigenvalue weighted by atomic mass is 9.70. The zero-order chi connectivity index (χ0) is 16.8. The van der Waals surface area contributed by atoms with Crippen molar-refractivity contribution in [3.63, 3.8) is 0 Å². The topological polar surface area (TPSA) is 37.8 Å². The fourth-order valence-corrected chi connectivity index (χ4v) is 4.00. The lowest BCUT2D eigenvalue weighted by Gasteiger charge is -2.38. The average molecular weight is 380 g/mol. The largest absolute Gasteiger partial charge is 0.317 e. The second kappa shape index (κ2) is 9.51. The van der Waals surface area contributed by atoms with E-state index in [4.69, 9.17) is 16.6 Å². The van der Waals surface area contributed by atoms with Crippen molar-refractivity contribution in [2.75, 3.05) is 13.1 Å². The van der Waals surface area contributed by atoms with Gasteiger partial charge in [0.15, 0.2) is 0 Å². The van der Waals surface area contributed by atoms with Crippen LogP contribution < -0.4 is 5.32 Å². The molecule has 2 aromatic rings. The van der Waals surface area contributed by atoms with E-state index in [0.717, 1.165) is 55.3 Å². The quantitative estimate of drug-likeness (QED) is 0.721. The number of nitrogens with zero attached hydrogens (tertiary/aromatic N) is 2. The molecule has 1 N–H and O–H groups in total. The van der Waals surface area contributed by atoms with Gasteiger partial charge in [-0.1, -0.05) is 49.6 Å². The molecule has 1 aliphatic heterocycles. The smallest absolute Gasteiger partial charge is 0.128 e. The van der Waals surface area contributed by atoms with Crippen molar-refractivity contribution in [3.8, 4) is 0 Å². The summed E-state index contributed by atoms with van der Waals surface area (Å²) < 4.78 is 0. The molecule has 3 rings (SSSR count). The van der Waals surface area contributed by atoms with E-state index < -0.39 is 0 Å². The number of hydrogen-bond donors (Lipinski definition) is 1. The summed E-state index contributed by atoms with van der Waals surface area (Å²) >= 11 is 6.58. The van der Waals surface area contributed by atoms with Gasteiger partial charge in [0.25, 0.3) is 0 Å². The Morgan fingerprint density at radius 3 is 2.60 bits per heavy atom. The SMILES string of the molecule is CCCCCc1nccc(C2(c3ccccc3Cl)CCNCC2)n1.Cl. The second-order valence-corrected chi connectivity index (χ2v) is 7.03. The molecular weight excluding hydrogens is 353 g/mol. The standard InChI is InChI=1S/C20H26ClN3.ClH/c1-2-3-4-9-19-23-13-10-18(24-19)20(11-14-22-15-12-20)16-7-5-6-8-17(16)21;/h5-8,10,13,22H,2-4,9,11-12,14-15H2,1H3;1H. The van der Waals surface area contributed by atoms with E-state index in [9.17, 15) is 0 Å². The van der Waals surface area contributed by atoms with E-state index in [1.165, 1.54) is 18.4 Å². The van der Waals surface area contributed by atoms with Gasteiger partial charge in [-0.25, -0.2) is 9.97 Å². The number of nitrogens with one attached hydrogen (secondary N) is 1. The normalized spacial score (nSPS) is 16.2. The number of aromatic nitrogens is 2. The first-order valence-electron chi connectivity index (χ1n) is 9.04. The highest BCUT2D eigenvalue weighted by Crippen LogP contribution is 2.42. The summed E-state index contributed by atoms with van der Waals surface area (Å²) in [6.45, 7) is 4.19. The molecule has 0 bridgehead atoms. The van der Waals surface area contributed by atoms with E-state index in [-0.39, 0.29) is 17.8 Å². The van der Waals surface area contributed by atoms with Gasteiger partial charge in [-0.2, -0.15) is 0 Å². The van der Waals surface area contributed by atoms with E-state index in [1.807, 2.05) is 18.3 Å². The highest BCUT2D eigenvalue weighted by molar-refractivity contribution is 6.31.